The number of amides is 1. The number of carbonyl (C=O) groups excluding carboxylic acids is 1. The molecule has 0 bridgehead atoms. The molecule has 1 fully saturated rings. The quantitative estimate of drug-likeness (QED) is 0.897. The van der Waals surface area contributed by atoms with Crippen molar-refractivity contribution in [2.75, 3.05) is 26.2 Å². The van der Waals surface area contributed by atoms with Crippen molar-refractivity contribution in [3.05, 3.63) is 29.3 Å². The summed E-state index contributed by atoms with van der Waals surface area (Å²) in [7, 11) is 0. The Hall–Kier alpha value is -1.55. The number of nitrogens with one attached hydrogen (secondary N) is 1. The van der Waals surface area contributed by atoms with Crippen LogP contribution < -0.4 is 10.1 Å². The van der Waals surface area contributed by atoms with Crippen molar-refractivity contribution in [2.45, 2.75) is 26.8 Å². The fourth-order valence-electron chi connectivity index (χ4n) is 2.35. The van der Waals surface area contributed by atoms with E-state index in [4.69, 9.17) is 4.74 Å². The monoisotopic (exact) mass is 262 g/mol. The van der Waals surface area contributed by atoms with Gasteiger partial charge in [-0.3, -0.25) is 4.79 Å². The zero-order chi connectivity index (χ0) is 13.8. The first-order valence-corrected chi connectivity index (χ1v) is 6.77. The minimum atomic E-state index is 0.0633. The van der Waals surface area contributed by atoms with Gasteiger partial charge >= 0.3 is 0 Å². The molecule has 1 N–H and O–H groups in total. The van der Waals surface area contributed by atoms with Gasteiger partial charge in [0.05, 0.1) is 0 Å². The topological polar surface area (TPSA) is 41.6 Å². The Bertz CT molecular complexity index is 459. The summed E-state index contributed by atoms with van der Waals surface area (Å²) in [5.41, 5.74) is 2.27. The highest BCUT2D eigenvalue weighted by atomic mass is 16.5. The smallest absolute Gasteiger partial charge is 0.260 e. The van der Waals surface area contributed by atoms with Gasteiger partial charge in [-0.1, -0.05) is 17.7 Å². The lowest BCUT2D eigenvalue weighted by Gasteiger charge is -2.31. The highest BCUT2D eigenvalue weighted by Crippen LogP contribution is 2.18. The van der Waals surface area contributed by atoms with E-state index >= 15 is 0 Å². The molecule has 1 saturated heterocycles. The van der Waals surface area contributed by atoms with Crippen LogP contribution in [0.4, 0.5) is 0 Å². The van der Waals surface area contributed by atoms with Gasteiger partial charge in [0.25, 0.3) is 5.91 Å². The Morgan fingerprint density at radius 1 is 1.47 bits per heavy atom. The minimum absolute atomic E-state index is 0.0633. The minimum Gasteiger partial charge on any atom is -0.484 e. The molecule has 2 rings (SSSR count). The summed E-state index contributed by atoms with van der Waals surface area (Å²) in [6, 6.07) is 6.35. The second-order valence-electron chi connectivity index (χ2n) is 5.25. The molecule has 0 saturated carbocycles. The lowest BCUT2D eigenvalue weighted by Crippen LogP contribution is -2.52. The highest BCUT2D eigenvalue weighted by molar-refractivity contribution is 5.78. The van der Waals surface area contributed by atoms with Crippen molar-refractivity contribution in [1.29, 1.82) is 0 Å². The Morgan fingerprint density at radius 2 is 2.26 bits per heavy atom. The first kappa shape index (κ1) is 13.9. The predicted octanol–water partition coefficient (Wildman–Crippen LogP) is 1.50. The SMILES string of the molecule is Cc1ccc(OCC(=O)N2CCNC(C)C2)c(C)c1. The number of hydrogen-bond donors (Lipinski definition) is 1. The van der Waals surface area contributed by atoms with E-state index in [2.05, 4.69) is 18.3 Å². The van der Waals surface area contributed by atoms with E-state index in [0.717, 1.165) is 30.9 Å². The van der Waals surface area contributed by atoms with E-state index in [9.17, 15) is 4.79 Å². The van der Waals surface area contributed by atoms with Crippen LogP contribution in [0, 0.1) is 13.8 Å². The number of rotatable bonds is 3. The number of piperazine rings is 1. The summed E-state index contributed by atoms with van der Waals surface area (Å²) < 4.78 is 5.63. The van der Waals surface area contributed by atoms with Crippen LogP contribution >= 0.6 is 0 Å². The molecule has 1 heterocycles. The summed E-state index contributed by atoms with van der Waals surface area (Å²) in [5.74, 6) is 0.857. The van der Waals surface area contributed by atoms with Gasteiger partial charge in [0.1, 0.15) is 5.75 Å². The zero-order valence-electron chi connectivity index (χ0n) is 11.9. The summed E-state index contributed by atoms with van der Waals surface area (Å²) in [4.78, 5) is 13.9. The van der Waals surface area contributed by atoms with Crippen LogP contribution in [0.1, 0.15) is 18.1 Å². The normalized spacial score (nSPS) is 19.3. The van der Waals surface area contributed by atoms with Crippen LogP contribution in [0.2, 0.25) is 0 Å². The molecule has 4 heteroatoms. The molecule has 0 aliphatic carbocycles. The average Bonchev–Trinajstić information content (AvgIpc) is 2.37. The number of aryl methyl sites for hydroxylation is 2. The summed E-state index contributed by atoms with van der Waals surface area (Å²) in [5, 5.41) is 3.32. The maximum Gasteiger partial charge on any atom is 0.260 e. The molecular weight excluding hydrogens is 240 g/mol. The Balaban J connectivity index is 1.89. The van der Waals surface area contributed by atoms with Gasteiger partial charge in [-0.25, -0.2) is 0 Å². The standard InChI is InChI=1S/C15H22N2O2/c1-11-4-5-14(12(2)8-11)19-10-15(18)17-7-6-16-13(3)9-17/h4-5,8,13,16H,6-7,9-10H2,1-3H3. The second kappa shape index (κ2) is 6.06. The van der Waals surface area contributed by atoms with Gasteiger partial charge in [0.15, 0.2) is 6.61 Å². The predicted molar refractivity (Wildman–Crippen MR) is 75.5 cm³/mol. The van der Waals surface area contributed by atoms with E-state index in [1.54, 1.807) is 0 Å². The van der Waals surface area contributed by atoms with Crippen molar-refractivity contribution < 1.29 is 9.53 Å². The van der Waals surface area contributed by atoms with Gasteiger partial charge in [-0.2, -0.15) is 0 Å². The molecule has 1 amide bonds. The third-order valence-corrected chi connectivity index (χ3v) is 3.40. The zero-order valence-corrected chi connectivity index (χ0v) is 11.9. The molecule has 1 aromatic carbocycles. The largest absolute Gasteiger partial charge is 0.484 e. The van der Waals surface area contributed by atoms with Crippen LogP contribution in [-0.2, 0) is 4.79 Å². The van der Waals surface area contributed by atoms with Crippen molar-refractivity contribution in [3.8, 4) is 5.75 Å². The molecular formula is C15H22N2O2. The molecule has 0 radical (unpaired) electrons. The molecule has 1 aromatic rings. The summed E-state index contributed by atoms with van der Waals surface area (Å²) in [6.45, 7) is 8.63. The molecule has 1 aliphatic rings. The summed E-state index contributed by atoms with van der Waals surface area (Å²) in [6.07, 6.45) is 0. The van der Waals surface area contributed by atoms with E-state index in [-0.39, 0.29) is 12.5 Å². The molecule has 1 atom stereocenters. The maximum atomic E-state index is 12.1. The van der Waals surface area contributed by atoms with Crippen molar-refractivity contribution >= 4 is 5.91 Å². The van der Waals surface area contributed by atoms with Gasteiger partial charge in [-0.15, -0.1) is 0 Å². The van der Waals surface area contributed by atoms with Crippen molar-refractivity contribution in [1.82, 2.24) is 10.2 Å². The number of carbonyl (C=O) groups is 1. The molecule has 1 aliphatic heterocycles. The van der Waals surface area contributed by atoms with Crippen LogP contribution in [0.25, 0.3) is 0 Å². The third-order valence-electron chi connectivity index (χ3n) is 3.40. The molecule has 19 heavy (non-hydrogen) atoms. The van der Waals surface area contributed by atoms with Crippen LogP contribution in [-0.4, -0.2) is 43.1 Å². The molecule has 0 aromatic heterocycles. The number of ether oxygens (including phenoxy) is 1. The molecule has 104 valence electrons. The average molecular weight is 262 g/mol. The van der Waals surface area contributed by atoms with Gasteiger partial charge in [-0.05, 0) is 32.4 Å². The van der Waals surface area contributed by atoms with E-state index in [1.165, 1.54) is 5.56 Å². The second-order valence-corrected chi connectivity index (χ2v) is 5.25. The molecule has 4 nitrogen and oxygen atoms in total. The van der Waals surface area contributed by atoms with E-state index in [0.29, 0.717) is 6.04 Å². The third kappa shape index (κ3) is 3.70. The van der Waals surface area contributed by atoms with Crippen LogP contribution in [0.3, 0.4) is 0 Å². The van der Waals surface area contributed by atoms with Crippen molar-refractivity contribution in [3.63, 3.8) is 0 Å². The van der Waals surface area contributed by atoms with Crippen LogP contribution in [0.15, 0.2) is 18.2 Å². The van der Waals surface area contributed by atoms with E-state index < -0.39 is 0 Å². The number of benzene rings is 1. The first-order valence-electron chi connectivity index (χ1n) is 6.77. The maximum absolute atomic E-state index is 12.1. The van der Waals surface area contributed by atoms with Gasteiger partial charge in [0.2, 0.25) is 0 Å². The van der Waals surface area contributed by atoms with Crippen LogP contribution in [0.5, 0.6) is 5.75 Å². The Kier molecular flexibility index (Phi) is 4.43. The first-order chi connectivity index (χ1) is 9.06. The van der Waals surface area contributed by atoms with Gasteiger partial charge < -0.3 is 15.0 Å². The van der Waals surface area contributed by atoms with Gasteiger partial charge in [0, 0.05) is 25.7 Å². The Labute approximate surface area is 114 Å². The Morgan fingerprint density at radius 3 is 2.95 bits per heavy atom. The lowest BCUT2D eigenvalue weighted by molar-refractivity contribution is -0.134. The van der Waals surface area contributed by atoms with E-state index in [1.807, 2.05) is 30.9 Å². The molecule has 0 spiro atoms. The molecule has 1 unspecified atom stereocenters. The number of nitrogens with zero attached hydrogens (tertiary/aromatic N) is 1. The fourth-order valence-corrected chi connectivity index (χ4v) is 2.35. The highest BCUT2D eigenvalue weighted by Gasteiger charge is 2.20. The number of hydrogen-bond acceptors (Lipinski definition) is 3. The summed E-state index contributed by atoms with van der Waals surface area (Å²) >= 11 is 0. The van der Waals surface area contributed by atoms with Crippen molar-refractivity contribution in [2.24, 2.45) is 0 Å². The lowest BCUT2D eigenvalue weighted by atomic mass is 10.1. The fraction of sp³-hybridized carbons (Fsp3) is 0.533.